The monoisotopic (exact) mass is 278 g/mol. The summed E-state index contributed by atoms with van der Waals surface area (Å²) >= 11 is 1.05. The van der Waals surface area contributed by atoms with Crippen LogP contribution in [0.15, 0.2) is 24.3 Å². The SMILES string of the molecule is CC(=O)NN1C(=O)C[C@H]1SC(C)=O.c1cc2cc-2c1. The van der Waals surface area contributed by atoms with E-state index in [0.717, 1.165) is 11.8 Å². The Kier molecular flexibility index (Phi) is 3.90. The second kappa shape index (κ2) is 5.44. The zero-order valence-electron chi connectivity index (χ0n) is 10.7. The number of thioether (sulfide) groups is 1. The van der Waals surface area contributed by atoms with E-state index in [-0.39, 0.29) is 22.3 Å². The normalized spacial score (nSPS) is 17.9. The minimum Gasteiger partial charge on any atom is -0.287 e. The van der Waals surface area contributed by atoms with E-state index < -0.39 is 0 Å². The first-order valence-corrected chi connectivity index (χ1v) is 6.72. The van der Waals surface area contributed by atoms with Crippen LogP contribution < -0.4 is 5.43 Å². The van der Waals surface area contributed by atoms with Crippen LogP contribution in [0.1, 0.15) is 20.3 Å². The Morgan fingerprint density at radius 1 is 1.32 bits per heavy atom. The summed E-state index contributed by atoms with van der Waals surface area (Å²) < 4.78 is 0. The molecule has 0 unspecified atom stereocenters. The molecule has 1 atom stereocenters. The molecular formula is C13H14N2O3S. The zero-order valence-corrected chi connectivity index (χ0v) is 11.5. The van der Waals surface area contributed by atoms with E-state index in [1.54, 1.807) is 0 Å². The van der Waals surface area contributed by atoms with Gasteiger partial charge in [-0.15, -0.1) is 0 Å². The van der Waals surface area contributed by atoms with Gasteiger partial charge in [0.1, 0.15) is 5.37 Å². The van der Waals surface area contributed by atoms with Gasteiger partial charge in [0.2, 0.25) is 11.8 Å². The van der Waals surface area contributed by atoms with Crippen LogP contribution in [0, 0.1) is 0 Å². The van der Waals surface area contributed by atoms with Crippen molar-refractivity contribution in [2.75, 3.05) is 0 Å². The first kappa shape index (κ1) is 13.6. The number of carbonyl (C=O) groups excluding carboxylic acids is 3. The predicted molar refractivity (Wildman–Crippen MR) is 72.8 cm³/mol. The smallest absolute Gasteiger partial charge is 0.245 e. The molecule has 1 aliphatic heterocycles. The topological polar surface area (TPSA) is 66.5 Å². The average molecular weight is 278 g/mol. The van der Waals surface area contributed by atoms with Crippen molar-refractivity contribution in [3.05, 3.63) is 24.3 Å². The number of hydrogen-bond acceptors (Lipinski definition) is 4. The van der Waals surface area contributed by atoms with Gasteiger partial charge in [0.25, 0.3) is 0 Å². The van der Waals surface area contributed by atoms with E-state index in [1.807, 2.05) is 0 Å². The van der Waals surface area contributed by atoms with E-state index in [2.05, 4.69) is 29.7 Å². The lowest BCUT2D eigenvalue weighted by Crippen LogP contribution is -2.59. The van der Waals surface area contributed by atoms with Crippen LogP contribution in [0.25, 0.3) is 11.1 Å². The molecule has 1 N–H and O–H groups in total. The van der Waals surface area contributed by atoms with Crippen LogP contribution >= 0.6 is 11.8 Å². The first-order valence-electron chi connectivity index (χ1n) is 5.84. The molecule has 0 aromatic heterocycles. The number of nitrogens with zero attached hydrogens (tertiary/aromatic N) is 1. The van der Waals surface area contributed by atoms with Gasteiger partial charge in [0.05, 0.1) is 6.42 Å². The van der Waals surface area contributed by atoms with Crippen molar-refractivity contribution in [2.24, 2.45) is 0 Å². The van der Waals surface area contributed by atoms with Gasteiger partial charge >= 0.3 is 0 Å². The highest BCUT2D eigenvalue weighted by atomic mass is 32.2. The molecule has 1 fully saturated rings. The molecule has 100 valence electrons. The van der Waals surface area contributed by atoms with Crippen molar-refractivity contribution in [3.8, 4) is 11.1 Å². The Balaban J connectivity index is 0.000000180. The number of amides is 2. The third kappa shape index (κ3) is 3.57. The van der Waals surface area contributed by atoms with Crippen molar-refractivity contribution in [1.82, 2.24) is 10.4 Å². The Morgan fingerprint density at radius 3 is 2.26 bits per heavy atom. The number of fused-ring (bicyclic) bond motifs is 1. The fourth-order valence-electron chi connectivity index (χ4n) is 1.65. The molecule has 1 saturated heterocycles. The van der Waals surface area contributed by atoms with Gasteiger partial charge in [0, 0.05) is 13.8 Å². The number of nitrogens with one attached hydrogen (secondary N) is 1. The van der Waals surface area contributed by atoms with Crippen molar-refractivity contribution >= 4 is 28.7 Å². The molecule has 6 heteroatoms. The van der Waals surface area contributed by atoms with Crippen molar-refractivity contribution in [2.45, 2.75) is 25.6 Å². The van der Waals surface area contributed by atoms with Crippen molar-refractivity contribution in [3.63, 3.8) is 0 Å². The molecule has 0 spiro atoms. The number of rotatable bonds is 2. The number of hydrogen-bond donors (Lipinski definition) is 1. The molecule has 2 aliphatic carbocycles. The maximum absolute atomic E-state index is 10.9. The fourth-order valence-corrected chi connectivity index (χ4v) is 2.54. The maximum atomic E-state index is 10.9. The zero-order chi connectivity index (χ0) is 14.0. The number of hydrazine groups is 1. The van der Waals surface area contributed by atoms with Crippen LogP contribution in [0.4, 0.5) is 0 Å². The van der Waals surface area contributed by atoms with E-state index in [0.29, 0.717) is 6.42 Å². The minimum absolute atomic E-state index is 0.0622. The molecule has 0 saturated carbocycles. The molecular weight excluding hydrogens is 264 g/mol. The minimum atomic E-state index is -0.304. The molecule has 3 aliphatic rings. The summed E-state index contributed by atoms with van der Waals surface area (Å²) in [6, 6.07) is 8.48. The van der Waals surface area contributed by atoms with E-state index in [1.165, 1.54) is 30.0 Å². The second-order valence-electron chi connectivity index (χ2n) is 4.28. The summed E-state index contributed by atoms with van der Waals surface area (Å²) in [6.45, 7) is 2.75. The van der Waals surface area contributed by atoms with E-state index in [4.69, 9.17) is 0 Å². The van der Waals surface area contributed by atoms with E-state index in [9.17, 15) is 14.4 Å². The third-order valence-electron chi connectivity index (χ3n) is 2.60. The van der Waals surface area contributed by atoms with Crippen LogP contribution in [0.3, 0.4) is 0 Å². The van der Waals surface area contributed by atoms with Crippen LogP contribution in [0.5, 0.6) is 0 Å². The second-order valence-corrected chi connectivity index (χ2v) is 5.64. The predicted octanol–water partition coefficient (Wildman–Crippen LogP) is 1.54. The Bertz CT molecular complexity index is 527. The summed E-state index contributed by atoms with van der Waals surface area (Å²) in [4.78, 5) is 32.3. The van der Waals surface area contributed by atoms with Gasteiger partial charge in [-0.3, -0.25) is 19.8 Å². The molecule has 2 amide bonds. The average Bonchev–Trinajstić information content (AvgIpc) is 2.93. The number of benzene rings is 1. The van der Waals surface area contributed by atoms with Gasteiger partial charge in [-0.2, -0.15) is 0 Å². The quantitative estimate of drug-likeness (QED) is 0.846. The summed E-state index contributed by atoms with van der Waals surface area (Å²) in [6.07, 6.45) is 0.310. The highest BCUT2D eigenvalue weighted by Crippen LogP contribution is 2.32. The van der Waals surface area contributed by atoms with Crippen molar-refractivity contribution < 1.29 is 14.4 Å². The standard InChI is InChI=1S/C7H10N2O3S.C6H4/c1-4(10)8-9-6(12)3-7(9)13-5(2)11;1-2-5-4-6(5)3-1/h7H,3H2,1-2H3,(H,8,10);1-4H/t7-;/m1./s1. The lowest BCUT2D eigenvalue weighted by Gasteiger charge is -2.38. The summed E-state index contributed by atoms with van der Waals surface area (Å²) in [7, 11) is 0. The highest BCUT2D eigenvalue weighted by Gasteiger charge is 2.38. The van der Waals surface area contributed by atoms with Gasteiger partial charge in [-0.05, 0) is 17.2 Å². The Morgan fingerprint density at radius 2 is 1.95 bits per heavy atom. The van der Waals surface area contributed by atoms with Gasteiger partial charge in [-0.25, -0.2) is 5.01 Å². The molecule has 5 nitrogen and oxygen atoms in total. The largest absolute Gasteiger partial charge is 0.287 e. The first-order chi connectivity index (χ1) is 8.97. The van der Waals surface area contributed by atoms with Gasteiger partial charge in [-0.1, -0.05) is 30.0 Å². The van der Waals surface area contributed by atoms with Crippen LogP contribution in [-0.4, -0.2) is 27.3 Å². The molecule has 0 aromatic rings. The Hall–Kier alpha value is -1.82. The molecule has 3 rings (SSSR count). The Labute approximate surface area is 115 Å². The van der Waals surface area contributed by atoms with Gasteiger partial charge in [0.15, 0.2) is 5.12 Å². The number of carbonyl (C=O) groups is 3. The number of β-lactam (4-membered cyclic amide) rings is 1. The fraction of sp³-hybridized carbons (Fsp3) is 0.308. The van der Waals surface area contributed by atoms with E-state index >= 15 is 0 Å². The molecule has 0 radical (unpaired) electrons. The summed E-state index contributed by atoms with van der Waals surface area (Å²) in [5, 5.41) is 0.899. The lowest BCUT2D eigenvalue weighted by molar-refractivity contribution is -0.151. The third-order valence-corrected chi connectivity index (χ3v) is 3.58. The summed E-state index contributed by atoms with van der Waals surface area (Å²) in [5.41, 5.74) is 5.21. The molecule has 0 aromatic carbocycles. The van der Waals surface area contributed by atoms with Crippen LogP contribution in [0.2, 0.25) is 0 Å². The maximum Gasteiger partial charge on any atom is 0.245 e. The van der Waals surface area contributed by atoms with Crippen molar-refractivity contribution in [1.29, 1.82) is 0 Å². The molecule has 1 heterocycles. The molecule has 19 heavy (non-hydrogen) atoms. The van der Waals surface area contributed by atoms with Crippen LogP contribution in [-0.2, 0) is 14.4 Å². The van der Waals surface area contributed by atoms with Gasteiger partial charge < -0.3 is 0 Å². The lowest BCUT2D eigenvalue weighted by atomic mass is 10.2. The summed E-state index contributed by atoms with van der Waals surface area (Å²) in [5.74, 6) is -0.462. The molecule has 0 bridgehead atoms. The highest BCUT2D eigenvalue weighted by molar-refractivity contribution is 8.14.